The molecule has 3 aromatic rings. The Hall–Kier alpha value is -3.45. The highest BCUT2D eigenvalue weighted by molar-refractivity contribution is 6.03. The Bertz CT molecular complexity index is 1130. The summed E-state index contributed by atoms with van der Waals surface area (Å²) < 4.78 is 6.08. The second-order valence-corrected chi connectivity index (χ2v) is 8.77. The van der Waals surface area contributed by atoms with Crippen LogP contribution in [-0.2, 0) is 4.79 Å². The Labute approximate surface area is 194 Å². The van der Waals surface area contributed by atoms with Crippen LogP contribution in [0.3, 0.4) is 0 Å². The number of fused-ring (bicyclic) bond motifs is 1. The molecule has 0 aliphatic heterocycles. The lowest BCUT2D eigenvalue weighted by atomic mass is 10.1. The van der Waals surface area contributed by atoms with E-state index in [0.29, 0.717) is 36.3 Å². The van der Waals surface area contributed by atoms with Crippen LogP contribution in [0.5, 0.6) is 5.75 Å². The first kappa shape index (κ1) is 22.7. The highest BCUT2D eigenvalue weighted by Crippen LogP contribution is 2.36. The van der Waals surface area contributed by atoms with Gasteiger partial charge >= 0.3 is 0 Å². The van der Waals surface area contributed by atoms with Gasteiger partial charge < -0.3 is 20.3 Å². The van der Waals surface area contributed by atoms with Gasteiger partial charge in [0.2, 0.25) is 5.91 Å². The molecule has 1 fully saturated rings. The van der Waals surface area contributed by atoms with Gasteiger partial charge in [-0.15, -0.1) is 0 Å². The van der Waals surface area contributed by atoms with Crippen molar-refractivity contribution in [2.75, 3.05) is 37.9 Å². The van der Waals surface area contributed by atoms with Gasteiger partial charge in [0, 0.05) is 30.1 Å². The number of hydrogen-bond donors (Lipinski definition) is 2. The van der Waals surface area contributed by atoms with Crippen molar-refractivity contribution in [2.24, 2.45) is 5.92 Å². The molecule has 172 valence electrons. The summed E-state index contributed by atoms with van der Waals surface area (Å²) in [7, 11) is 3.92. The summed E-state index contributed by atoms with van der Waals surface area (Å²) in [5.74, 6) is 1.74. The second kappa shape index (κ2) is 10.4. The molecule has 0 spiro atoms. The molecule has 1 aliphatic carbocycles. The number of hydrogen-bond acceptors (Lipinski definition) is 6. The number of benzene rings is 2. The molecule has 1 aliphatic rings. The quantitative estimate of drug-likeness (QED) is 0.442. The summed E-state index contributed by atoms with van der Waals surface area (Å²) in [6, 6.07) is 14.0. The average molecular weight is 446 g/mol. The maximum absolute atomic E-state index is 12.6. The van der Waals surface area contributed by atoms with E-state index in [-0.39, 0.29) is 11.9 Å². The predicted octanol–water partition coefficient (Wildman–Crippen LogP) is 4.65. The molecule has 2 aromatic carbocycles. The van der Waals surface area contributed by atoms with Crippen molar-refractivity contribution in [3.63, 3.8) is 0 Å². The molecular weight excluding hydrogens is 414 g/mol. The summed E-state index contributed by atoms with van der Waals surface area (Å²) in [4.78, 5) is 23.5. The fourth-order valence-electron chi connectivity index (χ4n) is 3.48. The minimum absolute atomic E-state index is 0.0575. The van der Waals surface area contributed by atoms with Crippen LogP contribution in [0.4, 0.5) is 11.5 Å². The first-order valence-corrected chi connectivity index (χ1v) is 11.3. The number of likely N-dealkylation sites (N-methyl/N-ethyl adjacent to an activating group) is 1. The fourth-order valence-corrected chi connectivity index (χ4v) is 3.48. The van der Waals surface area contributed by atoms with E-state index in [4.69, 9.17) is 4.74 Å². The molecule has 0 radical (unpaired) electrons. The highest BCUT2D eigenvalue weighted by atomic mass is 16.5. The topological polar surface area (TPSA) is 79.4 Å². The van der Waals surface area contributed by atoms with Crippen LogP contribution in [0, 0.1) is 5.92 Å². The minimum atomic E-state index is -0.198. The molecule has 1 saturated carbocycles. The van der Waals surface area contributed by atoms with Crippen LogP contribution < -0.4 is 15.4 Å². The standard InChI is InChI=1S/C26H31N5O2/c1-18(20-8-5-4-6-9-20)29-26-21-14-23(30-25(32)10-7-13-31(2)3)24(33-16-19-11-12-19)15-22(21)27-17-28-26/h4-10,14-15,17-19H,11-13,16H2,1-3H3,(H,30,32)(H,27,28,29)/b10-7+/t18-/m1/s1. The molecule has 4 rings (SSSR count). The van der Waals surface area contributed by atoms with Gasteiger partial charge in [-0.1, -0.05) is 36.4 Å². The molecule has 1 atom stereocenters. The van der Waals surface area contributed by atoms with Crippen molar-refractivity contribution < 1.29 is 9.53 Å². The first-order valence-electron chi connectivity index (χ1n) is 11.3. The molecule has 33 heavy (non-hydrogen) atoms. The summed E-state index contributed by atoms with van der Waals surface area (Å²) in [6.45, 7) is 3.43. The van der Waals surface area contributed by atoms with Crippen LogP contribution in [-0.4, -0.2) is 48.0 Å². The molecule has 1 heterocycles. The maximum atomic E-state index is 12.6. The zero-order chi connectivity index (χ0) is 23.2. The van der Waals surface area contributed by atoms with Gasteiger partial charge in [0.15, 0.2) is 0 Å². The zero-order valence-corrected chi connectivity index (χ0v) is 19.4. The Kier molecular flexibility index (Phi) is 7.19. The van der Waals surface area contributed by atoms with Gasteiger partial charge in [-0.2, -0.15) is 0 Å². The Morgan fingerprint density at radius 1 is 1.21 bits per heavy atom. The number of nitrogens with zero attached hydrogens (tertiary/aromatic N) is 3. The normalized spacial score (nSPS) is 14.5. The van der Waals surface area contributed by atoms with Crippen molar-refractivity contribution in [3.05, 3.63) is 66.5 Å². The summed E-state index contributed by atoms with van der Waals surface area (Å²) >= 11 is 0. The van der Waals surface area contributed by atoms with Crippen molar-refractivity contribution >= 4 is 28.3 Å². The van der Waals surface area contributed by atoms with Crippen LogP contribution in [0.15, 0.2) is 60.9 Å². The number of amides is 1. The zero-order valence-electron chi connectivity index (χ0n) is 19.4. The number of rotatable bonds is 10. The molecule has 7 heteroatoms. The maximum Gasteiger partial charge on any atom is 0.248 e. The lowest BCUT2D eigenvalue weighted by Crippen LogP contribution is -2.14. The van der Waals surface area contributed by atoms with E-state index in [1.807, 2.05) is 55.4 Å². The molecule has 2 N–H and O–H groups in total. The first-order chi connectivity index (χ1) is 16.0. The number of anilines is 2. The van der Waals surface area contributed by atoms with Crippen LogP contribution in [0.1, 0.15) is 31.4 Å². The smallest absolute Gasteiger partial charge is 0.248 e. The van der Waals surface area contributed by atoms with Crippen molar-refractivity contribution in [1.82, 2.24) is 14.9 Å². The largest absolute Gasteiger partial charge is 0.491 e. The monoisotopic (exact) mass is 445 g/mol. The van der Waals surface area contributed by atoms with Crippen molar-refractivity contribution in [1.29, 1.82) is 0 Å². The molecule has 1 aromatic heterocycles. The van der Waals surface area contributed by atoms with Gasteiger partial charge in [0.25, 0.3) is 0 Å². The SMILES string of the molecule is C[C@@H](Nc1ncnc2cc(OCC3CC3)c(NC(=O)/C=C/CN(C)C)cc12)c1ccccc1. The summed E-state index contributed by atoms with van der Waals surface area (Å²) in [6.07, 6.45) is 7.31. The molecule has 0 saturated heterocycles. The van der Waals surface area contributed by atoms with E-state index in [0.717, 1.165) is 16.5 Å². The van der Waals surface area contributed by atoms with Crippen LogP contribution in [0.25, 0.3) is 10.9 Å². The third kappa shape index (κ3) is 6.29. The Balaban J connectivity index is 1.62. The number of carbonyl (C=O) groups excluding carboxylic acids is 1. The van der Waals surface area contributed by atoms with E-state index < -0.39 is 0 Å². The number of aromatic nitrogens is 2. The van der Waals surface area contributed by atoms with Gasteiger partial charge in [-0.3, -0.25) is 4.79 Å². The van der Waals surface area contributed by atoms with Gasteiger partial charge in [-0.05, 0) is 51.4 Å². The van der Waals surface area contributed by atoms with Crippen LogP contribution >= 0.6 is 0 Å². The molecule has 0 bridgehead atoms. The van der Waals surface area contributed by atoms with Crippen molar-refractivity contribution in [2.45, 2.75) is 25.8 Å². The number of carbonyl (C=O) groups is 1. The van der Waals surface area contributed by atoms with Crippen molar-refractivity contribution in [3.8, 4) is 5.75 Å². The van der Waals surface area contributed by atoms with E-state index in [2.05, 4.69) is 39.7 Å². The van der Waals surface area contributed by atoms with Gasteiger partial charge in [0.1, 0.15) is 17.9 Å². The second-order valence-electron chi connectivity index (χ2n) is 8.77. The average Bonchev–Trinajstić information content (AvgIpc) is 3.63. The van der Waals surface area contributed by atoms with E-state index in [1.165, 1.54) is 12.8 Å². The van der Waals surface area contributed by atoms with E-state index in [9.17, 15) is 4.79 Å². The molecule has 1 amide bonds. The lowest BCUT2D eigenvalue weighted by molar-refractivity contribution is -0.111. The van der Waals surface area contributed by atoms with Crippen LogP contribution in [0.2, 0.25) is 0 Å². The summed E-state index contributed by atoms with van der Waals surface area (Å²) in [5.41, 5.74) is 2.54. The minimum Gasteiger partial charge on any atom is -0.491 e. The summed E-state index contributed by atoms with van der Waals surface area (Å²) in [5, 5.41) is 7.29. The Morgan fingerprint density at radius 2 is 2.00 bits per heavy atom. The lowest BCUT2D eigenvalue weighted by Gasteiger charge is -2.18. The fraction of sp³-hybridized carbons (Fsp3) is 0.346. The van der Waals surface area contributed by atoms with E-state index in [1.54, 1.807) is 12.4 Å². The number of ether oxygens (including phenoxy) is 1. The van der Waals surface area contributed by atoms with Gasteiger partial charge in [0.05, 0.1) is 17.8 Å². The van der Waals surface area contributed by atoms with E-state index >= 15 is 0 Å². The Morgan fingerprint density at radius 3 is 2.73 bits per heavy atom. The molecular formula is C26H31N5O2. The molecule has 7 nitrogen and oxygen atoms in total. The van der Waals surface area contributed by atoms with Gasteiger partial charge in [-0.25, -0.2) is 9.97 Å². The third-order valence-electron chi connectivity index (χ3n) is 5.56. The molecule has 0 unspecified atom stereocenters. The highest BCUT2D eigenvalue weighted by Gasteiger charge is 2.23. The number of nitrogens with one attached hydrogen (secondary N) is 2. The third-order valence-corrected chi connectivity index (χ3v) is 5.56. The predicted molar refractivity (Wildman–Crippen MR) is 133 cm³/mol.